The van der Waals surface area contributed by atoms with Gasteiger partial charge in [0.1, 0.15) is 0 Å². The molecule has 0 aliphatic carbocycles. The SMILES string of the molecule is Cc1cc(C[C@@H](C)N[C@@H](C)c2cnn(-c3ccccn3)c2C)n[nH]1. The first-order chi connectivity index (χ1) is 11.5. The van der Waals surface area contributed by atoms with Crippen LogP contribution in [0.1, 0.15) is 42.5 Å². The Balaban J connectivity index is 1.69. The van der Waals surface area contributed by atoms with Crippen LogP contribution in [-0.4, -0.2) is 31.0 Å². The quantitative estimate of drug-likeness (QED) is 0.731. The zero-order valence-corrected chi connectivity index (χ0v) is 14.6. The van der Waals surface area contributed by atoms with Gasteiger partial charge in [-0.15, -0.1) is 0 Å². The van der Waals surface area contributed by atoms with Crippen LogP contribution in [0.25, 0.3) is 5.82 Å². The zero-order chi connectivity index (χ0) is 17.1. The van der Waals surface area contributed by atoms with Crippen molar-refractivity contribution in [1.82, 2.24) is 30.3 Å². The molecule has 3 aromatic rings. The molecule has 0 unspecified atom stereocenters. The largest absolute Gasteiger partial charge is 0.307 e. The molecule has 0 saturated heterocycles. The summed E-state index contributed by atoms with van der Waals surface area (Å²) in [6.07, 6.45) is 4.60. The number of pyridine rings is 1. The maximum Gasteiger partial charge on any atom is 0.153 e. The lowest BCUT2D eigenvalue weighted by molar-refractivity contribution is 0.472. The van der Waals surface area contributed by atoms with Gasteiger partial charge in [0.25, 0.3) is 0 Å². The van der Waals surface area contributed by atoms with Gasteiger partial charge in [0.15, 0.2) is 5.82 Å². The zero-order valence-electron chi connectivity index (χ0n) is 14.6. The van der Waals surface area contributed by atoms with Crippen molar-refractivity contribution in [1.29, 1.82) is 0 Å². The Hall–Kier alpha value is -2.47. The monoisotopic (exact) mass is 324 g/mol. The molecule has 0 amide bonds. The van der Waals surface area contributed by atoms with Crippen LogP contribution >= 0.6 is 0 Å². The van der Waals surface area contributed by atoms with Crippen molar-refractivity contribution in [2.24, 2.45) is 0 Å². The molecule has 3 heterocycles. The normalized spacial score (nSPS) is 13.8. The molecule has 0 aliphatic heterocycles. The molecule has 0 aromatic carbocycles. The number of hydrogen-bond donors (Lipinski definition) is 2. The van der Waals surface area contributed by atoms with E-state index in [0.29, 0.717) is 6.04 Å². The molecule has 126 valence electrons. The fourth-order valence-corrected chi connectivity index (χ4v) is 3.03. The molecule has 2 N–H and O–H groups in total. The van der Waals surface area contributed by atoms with Gasteiger partial charge in [-0.25, -0.2) is 9.67 Å². The van der Waals surface area contributed by atoms with E-state index in [-0.39, 0.29) is 6.04 Å². The molecule has 6 heteroatoms. The van der Waals surface area contributed by atoms with E-state index in [2.05, 4.69) is 52.4 Å². The molecule has 2 atom stereocenters. The first-order valence-electron chi connectivity index (χ1n) is 8.27. The minimum atomic E-state index is 0.206. The van der Waals surface area contributed by atoms with Crippen LogP contribution in [0.4, 0.5) is 0 Å². The summed E-state index contributed by atoms with van der Waals surface area (Å²) in [6.45, 7) is 8.45. The van der Waals surface area contributed by atoms with Gasteiger partial charge in [-0.3, -0.25) is 5.10 Å². The second-order valence-electron chi connectivity index (χ2n) is 6.32. The molecule has 0 bridgehead atoms. The minimum Gasteiger partial charge on any atom is -0.307 e. The first kappa shape index (κ1) is 16.4. The molecular weight excluding hydrogens is 300 g/mol. The summed E-state index contributed by atoms with van der Waals surface area (Å²) in [5.74, 6) is 0.841. The smallest absolute Gasteiger partial charge is 0.153 e. The van der Waals surface area contributed by atoms with E-state index in [0.717, 1.165) is 29.3 Å². The minimum absolute atomic E-state index is 0.206. The summed E-state index contributed by atoms with van der Waals surface area (Å²) in [4.78, 5) is 4.37. The summed E-state index contributed by atoms with van der Waals surface area (Å²) in [5.41, 5.74) is 4.47. The van der Waals surface area contributed by atoms with Crippen molar-refractivity contribution in [2.45, 2.75) is 46.2 Å². The van der Waals surface area contributed by atoms with Crippen LogP contribution in [-0.2, 0) is 6.42 Å². The van der Waals surface area contributed by atoms with Crippen LogP contribution in [0.3, 0.4) is 0 Å². The van der Waals surface area contributed by atoms with Crippen LogP contribution in [0.15, 0.2) is 36.7 Å². The van der Waals surface area contributed by atoms with Gasteiger partial charge in [0.05, 0.1) is 11.9 Å². The highest BCUT2D eigenvalue weighted by Gasteiger charge is 2.17. The van der Waals surface area contributed by atoms with Crippen molar-refractivity contribution in [3.63, 3.8) is 0 Å². The summed E-state index contributed by atoms with van der Waals surface area (Å²) in [5, 5.41) is 15.4. The number of aromatic nitrogens is 5. The third-order valence-corrected chi connectivity index (χ3v) is 4.19. The molecule has 0 fully saturated rings. The van der Waals surface area contributed by atoms with Crippen LogP contribution in [0.2, 0.25) is 0 Å². The van der Waals surface area contributed by atoms with E-state index < -0.39 is 0 Å². The fourth-order valence-electron chi connectivity index (χ4n) is 3.03. The van der Waals surface area contributed by atoms with E-state index in [4.69, 9.17) is 0 Å². The highest BCUT2D eigenvalue weighted by Crippen LogP contribution is 2.20. The Kier molecular flexibility index (Phi) is 4.76. The lowest BCUT2D eigenvalue weighted by Crippen LogP contribution is -2.31. The van der Waals surface area contributed by atoms with Crippen molar-refractivity contribution >= 4 is 0 Å². The number of hydrogen-bond acceptors (Lipinski definition) is 4. The first-order valence-corrected chi connectivity index (χ1v) is 8.27. The van der Waals surface area contributed by atoms with Gasteiger partial charge in [-0.05, 0) is 45.9 Å². The molecule has 0 spiro atoms. The molecule has 0 saturated carbocycles. The van der Waals surface area contributed by atoms with Crippen LogP contribution in [0, 0.1) is 13.8 Å². The Bertz CT molecular complexity index is 789. The predicted molar refractivity (Wildman–Crippen MR) is 94.1 cm³/mol. The Morgan fingerprint density at radius 1 is 1.25 bits per heavy atom. The van der Waals surface area contributed by atoms with Crippen LogP contribution < -0.4 is 5.32 Å². The van der Waals surface area contributed by atoms with Gasteiger partial charge < -0.3 is 5.32 Å². The third kappa shape index (κ3) is 3.54. The Morgan fingerprint density at radius 3 is 2.75 bits per heavy atom. The van der Waals surface area contributed by atoms with E-state index in [9.17, 15) is 0 Å². The highest BCUT2D eigenvalue weighted by atomic mass is 15.3. The molecule has 24 heavy (non-hydrogen) atoms. The second-order valence-corrected chi connectivity index (χ2v) is 6.32. The molecule has 0 radical (unpaired) electrons. The summed E-state index contributed by atoms with van der Waals surface area (Å²) < 4.78 is 1.88. The van der Waals surface area contributed by atoms with E-state index >= 15 is 0 Å². The van der Waals surface area contributed by atoms with Gasteiger partial charge in [0.2, 0.25) is 0 Å². The lowest BCUT2D eigenvalue weighted by atomic mass is 10.1. The number of aryl methyl sites for hydroxylation is 1. The molecule has 3 aromatic heterocycles. The lowest BCUT2D eigenvalue weighted by Gasteiger charge is -2.19. The highest BCUT2D eigenvalue weighted by molar-refractivity contribution is 5.29. The topological polar surface area (TPSA) is 71.4 Å². The average Bonchev–Trinajstić information content (AvgIpc) is 3.13. The van der Waals surface area contributed by atoms with Gasteiger partial charge in [0, 0.05) is 41.7 Å². The van der Waals surface area contributed by atoms with Gasteiger partial charge in [-0.2, -0.15) is 10.2 Å². The molecule has 3 rings (SSSR count). The maximum atomic E-state index is 4.50. The molecule has 0 aliphatic rings. The summed E-state index contributed by atoms with van der Waals surface area (Å²) in [6, 6.07) is 8.46. The van der Waals surface area contributed by atoms with E-state index in [1.807, 2.05) is 36.0 Å². The van der Waals surface area contributed by atoms with Crippen molar-refractivity contribution < 1.29 is 0 Å². The number of H-pyrrole nitrogens is 1. The number of nitrogens with zero attached hydrogens (tertiary/aromatic N) is 4. The predicted octanol–water partition coefficient (Wildman–Crippen LogP) is 2.89. The standard InChI is InChI=1S/C18H24N6/c1-12(9-16-10-13(2)22-23-16)21-14(3)17-11-20-24(15(17)4)18-7-5-6-8-19-18/h5-8,10-12,14,21H,9H2,1-4H3,(H,22,23)/t12-,14+/m1/s1. The van der Waals surface area contributed by atoms with E-state index in [1.165, 1.54) is 5.56 Å². The van der Waals surface area contributed by atoms with Crippen molar-refractivity contribution in [3.8, 4) is 5.82 Å². The van der Waals surface area contributed by atoms with E-state index in [1.54, 1.807) is 6.20 Å². The van der Waals surface area contributed by atoms with Gasteiger partial charge >= 0.3 is 0 Å². The molecular formula is C18H24N6. The van der Waals surface area contributed by atoms with Crippen molar-refractivity contribution in [3.05, 3.63) is 59.3 Å². The summed E-state index contributed by atoms with van der Waals surface area (Å²) >= 11 is 0. The average molecular weight is 324 g/mol. The van der Waals surface area contributed by atoms with Crippen LogP contribution in [0.5, 0.6) is 0 Å². The fraction of sp³-hybridized carbons (Fsp3) is 0.389. The third-order valence-electron chi connectivity index (χ3n) is 4.19. The van der Waals surface area contributed by atoms with Gasteiger partial charge in [-0.1, -0.05) is 6.07 Å². The Morgan fingerprint density at radius 2 is 2.08 bits per heavy atom. The maximum absolute atomic E-state index is 4.50. The number of nitrogens with one attached hydrogen (secondary N) is 2. The summed E-state index contributed by atoms with van der Waals surface area (Å²) in [7, 11) is 0. The second kappa shape index (κ2) is 6.97. The number of rotatable bonds is 6. The van der Waals surface area contributed by atoms with Crippen molar-refractivity contribution in [2.75, 3.05) is 0 Å². The number of aromatic amines is 1. The molecule has 6 nitrogen and oxygen atoms in total. The Labute approximate surface area is 142 Å².